The largest absolute Gasteiger partial charge is 0.411 e. The zero-order valence-electron chi connectivity index (χ0n) is 23.1. The molecule has 0 aliphatic carbocycles. The van der Waals surface area contributed by atoms with Crippen molar-refractivity contribution in [2.75, 3.05) is 40.8 Å². The fourth-order valence-corrected chi connectivity index (χ4v) is 4.16. The van der Waals surface area contributed by atoms with Gasteiger partial charge >= 0.3 is 0 Å². The third kappa shape index (κ3) is 26.3. The van der Waals surface area contributed by atoms with Crippen LogP contribution in [0.5, 0.6) is 0 Å². The Balaban J connectivity index is 0. The molecule has 2 nitrogen and oxygen atoms in total. The zero-order valence-corrected chi connectivity index (χ0v) is 24.7. The molecule has 0 saturated carbocycles. The maximum absolute atomic E-state index is 4.56. The Morgan fingerprint density at radius 1 is 0.562 bits per heavy atom. The normalized spacial score (nSPS) is 11.2. The molecule has 0 unspecified atom stereocenters. The molecule has 0 aromatic carbocycles. The Kier molecular flexibility index (Phi) is 27.5. The van der Waals surface area contributed by atoms with Crippen LogP contribution in [0, 0.1) is 0 Å². The number of rotatable bonds is 21. The van der Waals surface area contributed by atoms with Gasteiger partial charge in [0.15, 0.2) is 0 Å². The summed E-state index contributed by atoms with van der Waals surface area (Å²) < 4.78 is 1.87. The van der Waals surface area contributed by atoms with Crippen molar-refractivity contribution in [3.63, 3.8) is 0 Å². The molecule has 0 aromatic rings. The first-order chi connectivity index (χ1) is 15.3. The van der Waals surface area contributed by atoms with Gasteiger partial charge in [-0.1, -0.05) is 102 Å². The molecule has 0 heterocycles. The van der Waals surface area contributed by atoms with Crippen LogP contribution in [0.4, 0.5) is 0 Å². The lowest BCUT2D eigenvalue weighted by Gasteiger charge is -2.35. The van der Waals surface area contributed by atoms with Crippen LogP contribution in [0.25, 0.3) is 0 Å². The summed E-state index contributed by atoms with van der Waals surface area (Å²) in [5, 5.41) is 0. The average molecular weight is 489 g/mol. The second kappa shape index (κ2) is 25.7. The van der Waals surface area contributed by atoms with Crippen molar-refractivity contribution in [3.05, 3.63) is 0 Å². The summed E-state index contributed by atoms with van der Waals surface area (Å²) in [6.45, 7) is 11.2. The lowest BCUT2D eigenvalue weighted by molar-refractivity contribution is -0.910. The van der Waals surface area contributed by atoms with E-state index in [0.717, 1.165) is 0 Å². The number of thiocarbonyl (C=S) groups is 1. The van der Waals surface area contributed by atoms with Gasteiger partial charge in [-0.2, -0.15) is 0 Å². The fraction of sp³-hybridized carbons (Fsp3) is 0.964. The van der Waals surface area contributed by atoms with E-state index in [2.05, 4.69) is 52.7 Å². The highest BCUT2D eigenvalue weighted by molar-refractivity contribution is 8.00. The monoisotopic (exact) mass is 488 g/mol. The molecule has 194 valence electrons. The molecule has 0 saturated heterocycles. The van der Waals surface area contributed by atoms with Gasteiger partial charge in [0.25, 0.3) is 0 Å². The molecule has 0 atom stereocenters. The molecule has 0 bridgehead atoms. The van der Waals surface area contributed by atoms with E-state index in [4.69, 9.17) is 0 Å². The van der Waals surface area contributed by atoms with E-state index >= 15 is 0 Å². The van der Waals surface area contributed by atoms with E-state index in [1.54, 1.807) is 4.90 Å². The number of hydrogen-bond donors (Lipinski definition) is 0. The van der Waals surface area contributed by atoms with Crippen molar-refractivity contribution in [2.45, 2.75) is 136 Å². The van der Waals surface area contributed by atoms with Gasteiger partial charge in [0.2, 0.25) is 0 Å². The Hall–Kier alpha value is 0.0700. The van der Waals surface area contributed by atoms with E-state index in [-0.39, 0.29) is 0 Å². The lowest BCUT2D eigenvalue weighted by Crippen LogP contribution is -2.46. The van der Waals surface area contributed by atoms with Crippen molar-refractivity contribution < 1.29 is 4.48 Å². The summed E-state index contributed by atoms with van der Waals surface area (Å²) in [6, 6.07) is 0. The molecule has 0 aliphatic heterocycles. The molecular formula is C28H60N2S2. The summed E-state index contributed by atoms with van der Waals surface area (Å²) in [5.41, 5.74) is 0. The number of hydrogen-bond acceptors (Lipinski definition) is 2. The highest BCUT2D eigenvalue weighted by Crippen LogP contribution is 2.16. The second-order valence-electron chi connectivity index (χ2n) is 10.3. The van der Waals surface area contributed by atoms with E-state index in [9.17, 15) is 0 Å². The van der Waals surface area contributed by atoms with E-state index in [0.29, 0.717) is 4.32 Å². The molecule has 0 N–H and O–H groups in total. The molecule has 0 rings (SSSR count). The standard InChI is InChI=1S/C25H54N.C3H7NS2/c1-5-8-11-14-17-20-23-26(4,24-21-18-15-12-9-6-2)25-22-19-16-13-10-7-3;1-4(2)3(5)6/h5-25H2,1-4H3;1-2H3,(H,5,6)/q+1;/p-1. The van der Waals surface area contributed by atoms with Gasteiger partial charge in [0.05, 0.1) is 26.7 Å². The Bertz CT molecular complexity index is 345. The van der Waals surface area contributed by atoms with Crippen molar-refractivity contribution in [3.8, 4) is 0 Å². The maximum atomic E-state index is 4.56. The Labute approximate surface area is 215 Å². The third-order valence-electron chi connectivity index (χ3n) is 6.52. The van der Waals surface area contributed by atoms with Gasteiger partial charge < -0.3 is 34.2 Å². The maximum Gasteiger partial charge on any atom is 0.0784 e. The number of nitrogens with zero attached hydrogens (tertiary/aromatic N) is 2. The van der Waals surface area contributed by atoms with E-state index in [1.165, 1.54) is 140 Å². The van der Waals surface area contributed by atoms with Crippen molar-refractivity contribution in [1.29, 1.82) is 0 Å². The minimum absolute atomic E-state index is 0.509. The molecular weight excluding hydrogens is 428 g/mol. The van der Waals surface area contributed by atoms with Crippen LogP contribution < -0.4 is 0 Å². The zero-order chi connectivity index (χ0) is 24.5. The predicted octanol–water partition coefficient (Wildman–Crippen LogP) is 8.89. The SMILES string of the molecule is CCCCCCCC[N+](C)(CCCCCCCC)CCCCCCCC.CN(C)C(=S)[S-]. The van der Waals surface area contributed by atoms with Gasteiger partial charge in [-0.3, -0.25) is 0 Å². The smallest absolute Gasteiger partial charge is 0.0784 e. The van der Waals surface area contributed by atoms with Crippen molar-refractivity contribution in [1.82, 2.24) is 4.90 Å². The Morgan fingerprint density at radius 3 is 1.00 bits per heavy atom. The third-order valence-corrected chi connectivity index (χ3v) is 7.25. The molecule has 0 aromatic heterocycles. The number of quaternary nitrogens is 1. The highest BCUT2D eigenvalue weighted by Gasteiger charge is 2.20. The van der Waals surface area contributed by atoms with Crippen LogP contribution in [-0.2, 0) is 12.6 Å². The van der Waals surface area contributed by atoms with Crippen LogP contribution in [0.2, 0.25) is 0 Å². The molecule has 4 heteroatoms. The van der Waals surface area contributed by atoms with Crippen LogP contribution in [-0.4, -0.2) is 54.5 Å². The van der Waals surface area contributed by atoms with Crippen molar-refractivity contribution in [2.24, 2.45) is 0 Å². The van der Waals surface area contributed by atoms with Gasteiger partial charge in [-0.25, -0.2) is 0 Å². The first kappa shape index (κ1) is 34.2. The Morgan fingerprint density at radius 2 is 0.781 bits per heavy atom. The first-order valence-corrected chi connectivity index (χ1v) is 14.9. The van der Waals surface area contributed by atoms with Crippen LogP contribution in [0.3, 0.4) is 0 Å². The van der Waals surface area contributed by atoms with Crippen molar-refractivity contribution >= 4 is 29.2 Å². The molecule has 32 heavy (non-hydrogen) atoms. The minimum Gasteiger partial charge on any atom is -0.411 e. The topological polar surface area (TPSA) is 3.24 Å². The summed E-state index contributed by atoms with van der Waals surface area (Å²) in [4.78, 5) is 1.71. The predicted molar refractivity (Wildman–Crippen MR) is 155 cm³/mol. The molecule has 0 amide bonds. The quantitative estimate of drug-likeness (QED) is 0.0687. The highest BCUT2D eigenvalue weighted by atomic mass is 32.1. The summed E-state index contributed by atoms with van der Waals surface area (Å²) >= 11 is 9.12. The minimum atomic E-state index is 0.509. The van der Waals surface area contributed by atoms with Gasteiger partial charge in [-0.15, -0.1) is 0 Å². The second-order valence-corrected chi connectivity index (χ2v) is 11.3. The summed E-state index contributed by atoms with van der Waals surface area (Å²) in [7, 11) is 6.22. The van der Waals surface area contributed by atoms with Crippen LogP contribution >= 0.6 is 12.2 Å². The summed E-state index contributed by atoms with van der Waals surface area (Å²) in [6.07, 6.45) is 25.9. The molecule has 0 spiro atoms. The van der Waals surface area contributed by atoms with Crippen LogP contribution in [0.15, 0.2) is 0 Å². The lowest BCUT2D eigenvalue weighted by atomic mass is 10.1. The van der Waals surface area contributed by atoms with Gasteiger partial charge in [0, 0.05) is 14.1 Å². The van der Waals surface area contributed by atoms with Gasteiger partial charge in [0.1, 0.15) is 0 Å². The molecule has 0 radical (unpaired) electrons. The molecule has 0 fully saturated rings. The fourth-order valence-electron chi connectivity index (χ4n) is 4.16. The average Bonchev–Trinajstić information content (AvgIpc) is 2.76. The summed E-state index contributed by atoms with van der Waals surface area (Å²) in [5.74, 6) is 0. The molecule has 0 aliphatic rings. The van der Waals surface area contributed by atoms with E-state index < -0.39 is 0 Å². The van der Waals surface area contributed by atoms with Crippen LogP contribution in [0.1, 0.15) is 136 Å². The first-order valence-electron chi connectivity index (χ1n) is 14.0. The van der Waals surface area contributed by atoms with E-state index in [1.807, 2.05) is 14.1 Å². The number of unbranched alkanes of at least 4 members (excludes halogenated alkanes) is 15. The van der Waals surface area contributed by atoms with Gasteiger partial charge in [-0.05, 0) is 38.5 Å².